The van der Waals surface area contributed by atoms with Gasteiger partial charge in [-0.1, -0.05) is 50.2 Å². The number of allylic oxidation sites excluding steroid dienone is 2. The third-order valence-electron chi connectivity index (χ3n) is 1.77. The van der Waals surface area contributed by atoms with E-state index in [1.807, 2.05) is 18.2 Å². The Labute approximate surface area is 146 Å². The fraction of sp³-hybridized carbons (Fsp3) is 0.545. The van der Waals surface area contributed by atoms with Gasteiger partial charge in [0.15, 0.2) is 22.2 Å². The van der Waals surface area contributed by atoms with Gasteiger partial charge in [-0.2, -0.15) is 0 Å². The monoisotopic (exact) mass is 485 g/mol. The first-order valence-corrected chi connectivity index (χ1v) is 14.3. The maximum absolute atomic E-state index is 11.2. The largest absolute Gasteiger partial charge is 0.306 e. The first-order chi connectivity index (χ1) is 10.0. The van der Waals surface area contributed by atoms with Crippen LogP contribution in [0, 0.1) is 4.31 Å². The van der Waals surface area contributed by atoms with Gasteiger partial charge in [0, 0.05) is 11.5 Å². The Morgan fingerprint density at radius 2 is 1.62 bits per heavy atom. The van der Waals surface area contributed by atoms with Gasteiger partial charge in [-0.15, -0.1) is 0 Å². The van der Waals surface area contributed by atoms with E-state index in [0.29, 0.717) is 5.75 Å². The van der Waals surface area contributed by atoms with Crippen molar-refractivity contribution in [1.29, 1.82) is 0 Å². The lowest BCUT2D eigenvalue weighted by Gasteiger charge is -1.97. The Bertz CT molecular complexity index is 447. The molecule has 0 aliphatic carbocycles. The van der Waals surface area contributed by atoms with Gasteiger partial charge >= 0.3 is 0 Å². The lowest BCUT2D eigenvalue weighted by Crippen LogP contribution is -1.95. The molecule has 0 saturated heterocycles. The van der Waals surface area contributed by atoms with Crippen molar-refractivity contribution in [3.63, 3.8) is 0 Å². The van der Waals surface area contributed by atoms with Gasteiger partial charge < -0.3 is 4.55 Å². The molecular formula is C11H20INO4S4. The van der Waals surface area contributed by atoms with Crippen LogP contribution in [0.1, 0.15) is 12.8 Å². The lowest BCUT2D eigenvalue weighted by atomic mass is 10.4. The van der Waals surface area contributed by atoms with E-state index in [1.54, 1.807) is 27.7 Å². The molecule has 0 radical (unpaired) electrons. The second kappa shape index (κ2) is 15.8. The summed E-state index contributed by atoms with van der Waals surface area (Å²) in [5.74, 6) is 2.48. The smallest absolute Gasteiger partial charge is 0.169 e. The Morgan fingerprint density at radius 1 is 1.10 bits per heavy atom. The zero-order valence-corrected chi connectivity index (χ0v) is 16.8. The summed E-state index contributed by atoms with van der Waals surface area (Å²) in [5.41, 5.74) is 0. The summed E-state index contributed by atoms with van der Waals surface area (Å²) in [7, 11) is 3.54. The molecule has 0 heterocycles. The van der Waals surface area contributed by atoms with Gasteiger partial charge in [-0.3, -0.25) is 3.95 Å². The van der Waals surface area contributed by atoms with Crippen molar-refractivity contribution in [3.8, 4) is 4.31 Å². The summed E-state index contributed by atoms with van der Waals surface area (Å²) in [6.45, 7) is 0. The van der Waals surface area contributed by atoms with Crippen molar-refractivity contribution in [2.45, 2.75) is 12.8 Å². The molecule has 124 valence electrons. The molecule has 0 amide bonds. The SMILES string of the molecule is C#I(N)OS(=O)C/C=C/CCSSCC/C=C/CS(=O)O. The molecular weight excluding hydrogens is 465 g/mol. The standard InChI is InChI=1S/C11H20INO4S4/c1-12(13)17-21(16)11-7-3-5-9-19-18-8-4-2-6-10-20(14)15/h1-3,6-7H,4-5,8-11,13H2,(H,14,15)/b6-2+,7-3+. The first-order valence-electron chi connectivity index (χ1n) is 5.89. The van der Waals surface area contributed by atoms with Crippen LogP contribution in [0.2, 0.25) is 0 Å². The van der Waals surface area contributed by atoms with E-state index in [1.165, 1.54) is 0 Å². The van der Waals surface area contributed by atoms with Crippen molar-refractivity contribution in [2.75, 3.05) is 23.0 Å². The third kappa shape index (κ3) is 18.8. The van der Waals surface area contributed by atoms with E-state index in [9.17, 15) is 8.42 Å². The van der Waals surface area contributed by atoms with Crippen molar-refractivity contribution >= 4 is 63.6 Å². The van der Waals surface area contributed by atoms with Crippen molar-refractivity contribution in [3.05, 3.63) is 24.3 Å². The van der Waals surface area contributed by atoms with E-state index in [4.69, 9.17) is 15.3 Å². The van der Waals surface area contributed by atoms with Gasteiger partial charge in [-0.25, -0.2) is 10.9 Å². The highest BCUT2D eigenvalue weighted by Crippen LogP contribution is 2.22. The van der Waals surface area contributed by atoms with E-state index >= 15 is 0 Å². The van der Waals surface area contributed by atoms with Gasteiger partial charge in [0.25, 0.3) is 0 Å². The average molecular weight is 485 g/mol. The molecule has 2 atom stereocenters. The Morgan fingerprint density at radius 3 is 2.10 bits per heavy atom. The van der Waals surface area contributed by atoms with Crippen LogP contribution in [0.25, 0.3) is 0 Å². The zero-order chi connectivity index (χ0) is 15.9. The molecule has 3 N–H and O–H groups in total. The Balaban J connectivity index is 3.36. The minimum atomic E-state index is -2.35. The molecule has 10 heteroatoms. The van der Waals surface area contributed by atoms with Crippen LogP contribution in [-0.2, 0) is 24.7 Å². The molecule has 0 saturated carbocycles. The average Bonchev–Trinajstić information content (AvgIpc) is 2.38. The molecule has 0 aliphatic heterocycles. The quantitative estimate of drug-likeness (QED) is 0.110. The lowest BCUT2D eigenvalue weighted by molar-refractivity contribution is 0.567. The number of hydrogen-bond donors (Lipinski definition) is 2. The maximum atomic E-state index is 11.2. The van der Waals surface area contributed by atoms with Crippen LogP contribution >= 0.6 is 41.4 Å². The predicted octanol–water partition coefficient (Wildman–Crippen LogP) is 3.05. The Kier molecular flexibility index (Phi) is 16.4. The summed E-state index contributed by atoms with van der Waals surface area (Å²) >= 11 is -5.48. The minimum absolute atomic E-state index is 0.200. The molecule has 0 bridgehead atoms. The van der Waals surface area contributed by atoms with Crippen molar-refractivity contribution in [2.24, 2.45) is 3.95 Å². The molecule has 5 nitrogen and oxygen atoms in total. The number of halogens is 1. The Hall–Kier alpha value is 0.870. The second-order valence-electron chi connectivity index (χ2n) is 3.49. The van der Waals surface area contributed by atoms with Crippen LogP contribution in [-0.4, -0.2) is 36.0 Å². The number of hydrogen-bond acceptors (Lipinski definition) is 6. The highest BCUT2D eigenvalue weighted by molar-refractivity contribution is 14.2. The van der Waals surface area contributed by atoms with Gasteiger partial charge in [-0.05, 0) is 12.8 Å². The molecule has 0 aliphatic rings. The van der Waals surface area contributed by atoms with E-state index < -0.39 is 42.0 Å². The predicted molar refractivity (Wildman–Crippen MR) is 105 cm³/mol. The fourth-order valence-corrected chi connectivity index (χ4v) is 5.61. The topological polar surface area (TPSA) is 89.6 Å². The molecule has 0 aromatic carbocycles. The number of nitrogens with two attached hydrogens (primary N) is 1. The highest BCUT2D eigenvalue weighted by atomic mass is 127. The molecule has 2 unspecified atom stereocenters. The van der Waals surface area contributed by atoms with Gasteiger partial charge in [0.1, 0.15) is 0 Å². The highest BCUT2D eigenvalue weighted by Gasteiger charge is 1.96. The molecule has 0 aromatic rings. The van der Waals surface area contributed by atoms with Crippen LogP contribution in [0.3, 0.4) is 0 Å². The molecule has 0 rings (SSSR count). The van der Waals surface area contributed by atoms with E-state index in [0.717, 1.165) is 24.3 Å². The second-order valence-corrected chi connectivity index (χ2v) is 11.1. The third-order valence-corrected chi connectivity index (χ3v) is 7.91. The summed E-state index contributed by atoms with van der Waals surface area (Å²) in [6.07, 6.45) is 9.23. The van der Waals surface area contributed by atoms with Crippen LogP contribution < -0.4 is 3.95 Å². The maximum Gasteiger partial charge on any atom is 0.169 e. The number of rotatable bonds is 12. The van der Waals surface area contributed by atoms with Crippen LogP contribution in [0.5, 0.6) is 0 Å². The first kappa shape index (κ1) is 21.9. The normalized spacial score (nSPS) is 15.1. The van der Waals surface area contributed by atoms with Crippen molar-refractivity contribution in [1.82, 2.24) is 0 Å². The summed E-state index contributed by atoms with van der Waals surface area (Å²) in [5, 5.41) is 0. The zero-order valence-electron chi connectivity index (χ0n) is 11.4. The van der Waals surface area contributed by atoms with E-state index in [-0.39, 0.29) is 5.75 Å². The molecule has 21 heavy (non-hydrogen) atoms. The van der Waals surface area contributed by atoms with Gasteiger partial charge in [0.2, 0.25) is 0 Å². The van der Waals surface area contributed by atoms with Crippen LogP contribution in [0.15, 0.2) is 24.3 Å². The fourth-order valence-electron chi connectivity index (χ4n) is 0.990. The van der Waals surface area contributed by atoms with Crippen LogP contribution in [0.4, 0.5) is 0 Å². The minimum Gasteiger partial charge on any atom is -0.306 e. The summed E-state index contributed by atoms with van der Waals surface area (Å²) in [4.78, 5) is 0. The van der Waals surface area contributed by atoms with Crippen molar-refractivity contribution < 1.29 is 15.5 Å². The summed E-state index contributed by atoms with van der Waals surface area (Å²) in [6, 6.07) is 0. The van der Waals surface area contributed by atoms with E-state index in [2.05, 4.69) is 0 Å². The summed E-state index contributed by atoms with van der Waals surface area (Å²) < 4.78 is 45.6. The molecule has 0 fully saturated rings. The van der Waals surface area contributed by atoms with Gasteiger partial charge in [0.05, 0.1) is 31.3 Å². The molecule has 0 aromatic heterocycles. The molecule has 0 spiro atoms.